The molecule has 3 heterocycles. The minimum absolute atomic E-state index is 0.0529. The topological polar surface area (TPSA) is 60.8 Å². The maximum Gasteiger partial charge on any atom is 0.272 e. The van der Waals surface area contributed by atoms with Gasteiger partial charge in [0.25, 0.3) is 11.5 Å². The normalized spacial score (nSPS) is 15.1. The second-order valence-electron chi connectivity index (χ2n) is 8.59. The SMILES string of the molecule is CC(C)CN1CCN(C(=O)c2cc(Cc3c[nH]c(=O)c4cc(Cl)c(Cl)n34)ccc2F)CC1. The van der Waals surface area contributed by atoms with Crippen LogP contribution >= 0.6 is 23.2 Å². The van der Waals surface area contributed by atoms with Gasteiger partial charge in [-0.1, -0.05) is 43.1 Å². The Morgan fingerprint density at radius 3 is 2.56 bits per heavy atom. The van der Waals surface area contributed by atoms with Crippen LogP contribution in [-0.4, -0.2) is 57.8 Å². The van der Waals surface area contributed by atoms with Gasteiger partial charge in [0.15, 0.2) is 0 Å². The predicted molar refractivity (Wildman–Crippen MR) is 124 cm³/mol. The summed E-state index contributed by atoms with van der Waals surface area (Å²) in [5.74, 6) is -0.284. The molecule has 0 spiro atoms. The average molecular weight is 479 g/mol. The highest BCUT2D eigenvalue weighted by molar-refractivity contribution is 6.42. The van der Waals surface area contributed by atoms with Crippen LogP contribution in [0.25, 0.3) is 5.52 Å². The number of carbonyl (C=O) groups is 1. The van der Waals surface area contributed by atoms with Crippen molar-refractivity contribution >= 4 is 34.6 Å². The fourth-order valence-electron chi connectivity index (χ4n) is 4.20. The van der Waals surface area contributed by atoms with Crippen molar-refractivity contribution in [1.29, 1.82) is 0 Å². The van der Waals surface area contributed by atoms with Crippen molar-refractivity contribution in [2.24, 2.45) is 5.92 Å². The number of rotatable bonds is 5. The van der Waals surface area contributed by atoms with Crippen LogP contribution in [0, 0.1) is 11.7 Å². The molecule has 32 heavy (non-hydrogen) atoms. The fraction of sp³-hybridized carbons (Fsp3) is 0.391. The number of H-pyrrole nitrogens is 1. The number of aromatic amines is 1. The Bertz CT molecular complexity index is 1210. The molecule has 170 valence electrons. The largest absolute Gasteiger partial charge is 0.336 e. The first-order valence-corrected chi connectivity index (χ1v) is 11.4. The maximum atomic E-state index is 14.6. The Hall–Kier alpha value is -2.35. The van der Waals surface area contributed by atoms with E-state index in [2.05, 4.69) is 23.7 Å². The Kier molecular flexibility index (Phi) is 6.60. The van der Waals surface area contributed by atoms with Crippen LogP contribution in [0.2, 0.25) is 10.2 Å². The second kappa shape index (κ2) is 9.25. The number of fused-ring (bicyclic) bond motifs is 1. The summed E-state index contributed by atoms with van der Waals surface area (Å²) in [6, 6.07) is 6.02. The second-order valence-corrected chi connectivity index (χ2v) is 9.36. The number of carbonyl (C=O) groups excluding carboxylic acids is 1. The van der Waals surface area contributed by atoms with Gasteiger partial charge in [-0.25, -0.2) is 4.39 Å². The predicted octanol–water partition coefficient (Wildman–Crippen LogP) is 4.08. The molecule has 6 nitrogen and oxygen atoms in total. The molecule has 3 aromatic rings. The molecule has 0 bridgehead atoms. The average Bonchev–Trinajstić information content (AvgIpc) is 3.07. The molecule has 0 radical (unpaired) electrons. The van der Waals surface area contributed by atoms with E-state index in [1.165, 1.54) is 12.1 Å². The number of halogens is 3. The zero-order valence-corrected chi connectivity index (χ0v) is 19.5. The van der Waals surface area contributed by atoms with E-state index in [0.29, 0.717) is 36.6 Å². The van der Waals surface area contributed by atoms with E-state index in [1.54, 1.807) is 27.6 Å². The molecule has 1 saturated heterocycles. The fourth-order valence-corrected chi connectivity index (χ4v) is 4.64. The monoisotopic (exact) mass is 478 g/mol. The summed E-state index contributed by atoms with van der Waals surface area (Å²) in [5.41, 5.74) is 1.47. The summed E-state index contributed by atoms with van der Waals surface area (Å²) in [7, 11) is 0. The first-order valence-electron chi connectivity index (χ1n) is 10.6. The zero-order valence-electron chi connectivity index (χ0n) is 18.0. The molecule has 9 heteroatoms. The Morgan fingerprint density at radius 1 is 1.16 bits per heavy atom. The summed E-state index contributed by atoms with van der Waals surface area (Å²) in [6.45, 7) is 8.06. The minimum atomic E-state index is -0.544. The molecule has 1 amide bonds. The van der Waals surface area contributed by atoms with Crippen LogP contribution in [0.1, 0.15) is 35.5 Å². The van der Waals surface area contributed by atoms with Gasteiger partial charge in [0.05, 0.1) is 10.6 Å². The molecule has 1 N–H and O–H groups in total. The molecule has 4 rings (SSSR count). The summed E-state index contributed by atoms with van der Waals surface area (Å²) >= 11 is 12.4. The lowest BCUT2D eigenvalue weighted by Gasteiger charge is -2.35. The van der Waals surface area contributed by atoms with Gasteiger partial charge >= 0.3 is 0 Å². The number of hydrogen-bond acceptors (Lipinski definition) is 3. The van der Waals surface area contributed by atoms with E-state index in [9.17, 15) is 14.0 Å². The number of hydrogen-bond donors (Lipinski definition) is 1. The van der Waals surface area contributed by atoms with Crippen molar-refractivity contribution in [2.75, 3.05) is 32.7 Å². The Labute approximate surface area is 195 Å². The molecule has 0 aliphatic carbocycles. The molecule has 2 aromatic heterocycles. The van der Waals surface area contributed by atoms with Gasteiger partial charge in [-0.3, -0.25) is 18.9 Å². The van der Waals surface area contributed by atoms with Crippen LogP contribution in [-0.2, 0) is 6.42 Å². The van der Waals surface area contributed by atoms with Gasteiger partial charge in [0, 0.05) is 51.0 Å². The van der Waals surface area contributed by atoms with Crippen molar-refractivity contribution in [3.8, 4) is 0 Å². The van der Waals surface area contributed by atoms with Gasteiger partial charge in [0.1, 0.15) is 16.5 Å². The molecular formula is C23H25Cl2FN4O2. The third-order valence-corrected chi connectivity index (χ3v) is 6.47. The van der Waals surface area contributed by atoms with E-state index >= 15 is 0 Å². The molecule has 0 unspecified atom stereocenters. The standard InChI is InChI=1S/C23H25Cl2FN4O2/c1-14(2)13-28-5-7-29(8-6-28)23(32)17-10-15(3-4-19(17)26)9-16-12-27-22(31)20-11-18(24)21(25)30(16)20/h3-4,10-12,14H,5-9,13H2,1-2H3,(H,27,31). The zero-order chi connectivity index (χ0) is 23.0. The molecule has 1 aliphatic rings. The van der Waals surface area contributed by atoms with Crippen LogP contribution in [0.5, 0.6) is 0 Å². The van der Waals surface area contributed by atoms with Gasteiger partial charge in [-0.2, -0.15) is 0 Å². The molecule has 1 fully saturated rings. The summed E-state index contributed by atoms with van der Waals surface area (Å²) in [4.78, 5) is 31.9. The first-order chi connectivity index (χ1) is 15.2. The summed E-state index contributed by atoms with van der Waals surface area (Å²) < 4.78 is 16.2. The first kappa shape index (κ1) is 22.8. The molecule has 1 aliphatic heterocycles. The van der Waals surface area contributed by atoms with E-state index in [4.69, 9.17) is 23.2 Å². The molecule has 0 saturated carbocycles. The van der Waals surface area contributed by atoms with Crippen molar-refractivity contribution < 1.29 is 9.18 Å². The lowest BCUT2D eigenvalue weighted by Crippen LogP contribution is -2.49. The smallest absolute Gasteiger partial charge is 0.272 e. The van der Waals surface area contributed by atoms with Gasteiger partial charge < -0.3 is 9.88 Å². The van der Waals surface area contributed by atoms with Crippen LogP contribution in [0.3, 0.4) is 0 Å². The number of benzene rings is 1. The Balaban J connectivity index is 1.57. The third-order valence-electron chi connectivity index (χ3n) is 5.72. The van der Waals surface area contributed by atoms with Crippen molar-refractivity contribution in [1.82, 2.24) is 19.2 Å². The molecular weight excluding hydrogens is 454 g/mol. The van der Waals surface area contributed by atoms with Crippen molar-refractivity contribution in [3.05, 3.63) is 73.6 Å². The van der Waals surface area contributed by atoms with E-state index in [-0.39, 0.29) is 27.2 Å². The van der Waals surface area contributed by atoms with Gasteiger partial charge in [-0.15, -0.1) is 0 Å². The molecule has 1 aromatic carbocycles. The number of aromatic nitrogens is 2. The maximum absolute atomic E-state index is 14.6. The van der Waals surface area contributed by atoms with Gasteiger partial charge in [0.2, 0.25) is 0 Å². The highest BCUT2D eigenvalue weighted by atomic mass is 35.5. The molecule has 0 atom stereocenters. The van der Waals surface area contributed by atoms with E-state index in [1.807, 2.05) is 0 Å². The number of amides is 1. The van der Waals surface area contributed by atoms with E-state index in [0.717, 1.165) is 25.2 Å². The van der Waals surface area contributed by atoms with Crippen molar-refractivity contribution in [3.63, 3.8) is 0 Å². The highest BCUT2D eigenvalue weighted by Crippen LogP contribution is 2.27. The van der Waals surface area contributed by atoms with Crippen LogP contribution in [0.15, 0.2) is 35.3 Å². The lowest BCUT2D eigenvalue weighted by atomic mass is 10.0. The van der Waals surface area contributed by atoms with Crippen molar-refractivity contribution in [2.45, 2.75) is 20.3 Å². The van der Waals surface area contributed by atoms with E-state index < -0.39 is 5.82 Å². The number of nitrogens with one attached hydrogen (secondary N) is 1. The number of nitrogens with zero attached hydrogens (tertiary/aromatic N) is 3. The number of piperazine rings is 1. The van der Waals surface area contributed by atoms with Crippen LogP contribution in [0.4, 0.5) is 4.39 Å². The highest BCUT2D eigenvalue weighted by Gasteiger charge is 2.25. The minimum Gasteiger partial charge on any atom is -0.336 e. The van der Waals surface area contributed by atoms with Gasteiger partial charge in [-0.05, 0) is 29.7 Å². The summed E-state index contributed by atoms with van der Waals surface area (Å²) in [6.07, 6.45) is 1.89. The Morgan fingerprint density at radius 2 is 1.88 bits per heavy atom. The quantitative estimate of drug-likeness (QED) is 0.600. The lowest BCUT2D eigenvalue weighted by molar-refractivity contribution is 0.0619. The third kappa shape index (κ3) is 4.56. The summed E-state index contributed by atoms with van der Waals surface area (Å²) in [5, 5.41) is 0.511. The van der Waals surface area contributed by atoms with Crippen LogP contribution < -0.4 is 5.56 Å².